The van der Waals surface area contributed by atoms with E-state index in [1.54, 1.807) is 0 Å². The van der Waals surface area contributed by atoms with E-state index in [0.29, 0.717) is 35.2 Å². The molecule has 0 aromatic heterocycles. The molecule has 358 valence electrons. The Bertz CT molecular complexity index is 1200. The van der Waals surface area contributed by atoms with Gasteiger partial charge in [0.1, 0.15) is 11.6 Å². The predicted octanol–water partition coefficient (Wildman–Crippen LogP) is 6.94. The normalized spacial score (nSPS) is 23.3. The average molecular weight is 862 g/mol. The largest absolute Gasteiger partial charge is 0.353 e. The molecule has 0 aliphatic carbocycles. The predicted molar refractivity (Wildman–Crippen MR) is 257 cm³/mol. The Kier molecular flexibility index (Phi) is 29.3. The summed E-state index contributed by atoms with van der Waals surface area (Å²) in [4.78, 5) is 60.4. The smallest absolute Gasteiger partial charge is 0.222 e. The number of hydrogen-bond acceptors (Lipinski definition) is 10. The first-order valence-electron chi connectivity index (χ1n) is 24.8. The third kappa shape index (κ3) is 24.2. The molecule has 0 bridgehead atoms. The summed E-state index contributed by atoms with van der Waals surface area (Å²) in [6, 6.07) is 0.616. The van der Waals surface area contributed by atoms with Gasteiger partial charge in [0.2, 0.25) is 5.91 Å². The van der Waals surface area contributed by atoms with Crippen LogP contribution in [-0.4, -0.2) is 178 Å². The lowest BCUT2D eigenvalue weighted by Gasteiger charge is -2.34. The molecular weight excluding hydrogens is 763 g/mol. The number of carbonyl (C=O) groups is 4. The van der Waals surface area contributed by atoms with Gasteiger partial charge in [0.25, 0.3) is 0 Å². The van der Waals surface area contributed by atoms with Crippen LogP contribution in [0.3, 0.4) is 0 Å². The highest BCUT2D eigenvalue weighted by Crippen LogP contribution is 2.21. The van der Waals surface area contributed by atoms with Gasteiger partial charge in [0.05, 0.1) is 6.04 Å². The molecule has 0 aromatic carbocycles. The molecule has 5 saturated heterocycles. The van der Waals surface area contributed by atoms with Crippen LogP contribution in [0.15, 0.2) is 0 Å². The third-order valence-electron chi connectivity index (χ3n) is 13.1. The molecule has 5 aliphatic heterocycles. The van der Waals surface area contributed by atoms with Crippen LogP contribution in [0.25, 0.3) is 0 Å². The Labute approximate surface area is 376 Å². The summed E-state index contributed by atoms with van der Waals surface area (Å²) in [5.41, 5.74) is 0. The van der Waals surface area contributed by atoms with Gasteiger partial charge in [-0.25, -0.2) is 0 Å². The van der Waals surface area contributed by atoms with Crippen molar-refractivity contribution in [2.75, 3.05) is 113 Å². The van der Waals surface area contributed by atoms with Crippen molar-refractivity contribution in [1.82, 2.24) is 34.7 Å². The van der Waals surface area contributed by atoms with Crippen LogP contribution < -0.4 is 5.32 Å². The summed E-state index contributed by atoms with van der Waals surface area (Å²) >= 11 is 0. The lowest BCUT2D eigenvalue weighted by molar-refractivity contribution is -0.128. The summed E-state index contributed by atoms with van der Waals surface area (Å²) in [5.74, 6) is 3.72. The number of piperidine rings is 4. The van der Waals surface area contributed by atoms with Crippen molar-refractivity contribution in [2.45, 2.75) is 146 Å². The first-order chi connectivity index (χ1) is 28.7. The zero-order chi connectivity index (χ0) is 46.2. The number of rotatable bonds is 11. The maximum absolute atomic E-state index is 11.7. The van der Waals surface area contributed by atoms with Crippen LogP contribution in [0.5, 0.6) is 0 Å². The summed E-state index contributed by atoms with van der Waals surface area (Å²) < 4.78 is 0. The third-order valence-corrected chi connectivity index (χ3v) is 13.1. The Hall–Kier alpha value is -1.76. The highest BCUT2D eigenvalue weighted by molar-refractivity contribution is 5.85. The van der Waals surface area contributed by atoms with Crippen molar-refractivity contribution in [2.24, 2.45) is 41.4 Å². The quantitative estimate of drug-likeness (QED) is 0.236. The van der Waals surface area contributed by atoms with Crippen LogP contribution in [0.4, 0.5) is 0 Å². The minimum atomic E-state index is 0.111. The number of carbonyl (C=O) groups excluding carboxylic acids is 4. The molecule has 0 saturated carbocycles. The van der Waals surface area contributed by atoms with Crippen molar-refractivity contribution < 1.29 is 19.2 Å². The van der Waals surface area contributed by atoms with Crippen molar-refractivity contribution in [1.29, 1.82) is 0 Å². The molecule has 5 fully saturated rings. The number of hydrogen-bond donors (Lipinski definition) is 1. The second-order valence-corrected chi connectivity index (χ2v) is 20.7. The first kappa shape index (κ1) is 57.3. The highest BCUT2D eigenvalue weighted by Gasteiger charge is 2.28. The number of nitrogens with one attached hydrogen (secondary N) is 1. The fourth-order valence-corrected chi connectivity index (χ4v) is 8.78. The number of likely N-dealkylation sites (tertiary alicyclic amines) is 4. The van der Waals surface area contributed by atoms with Crippen molar-refractivity contribution in [3.05, 3.63) is 0 Å². The summed E-state index contributed by atoms with van der Waals surface area (Å²) in [6.45, 7) is 37.8. The molecule has 11 nitrogen and oxygen atoms in total. The molecule has 1 amide bonds. The fourth-order valence-electron chi connectivity index (χ4n) is 8.78. The van der Waals surface area contributed by atoms with E-state index < -0.39 is 0 Å². The molecule has 1 N–H and O–H groups in total. The minimum absolute atomic E-state index is 0.111. The number of ketones is 3. The van der Waals surface area contributed by atoms with Gasteiger partial charge in [-0.05, 0) is 131 Å². The molecule has 5 aliphatic rings. The molecular formula is C50H99N7O4. The van der Waals surface area contributed by atoms with E-state index in [-0.39, 0.29) is 35.6 Å². The lowest BCUT2D eigenvalue weighted by Crippen LogP contribution is -2.47. The van der Waals surface area contributed by atoms with Crippen molar-refractivity contribution in [3.8, 4) is 0 Å². The van der Waals surface area contributed by atoms with Crippen LogP contribution in [0, 0.1) is 41.4 Å². The van der Waals surface area contributed by atoms with Gasteiger partial charge in [-0.2, -0.15) is 0 Å². The van der Waals surface area contributed by atoms with Crippen molar-refractivity contribution >= 4 is 23.3 Å². The Morgan fingerprint density at radius 1 is 0.492 bits per heavy atom. The molecule has 0 spiro atoms. The second kappa shape index (κ2) is 31.2. The number of Topliss-reactive ketones (excluding diaryl/α,β-unsaturated/α-hetero) is 3. The van der Waals surface area contributed by atoms with Crippen LogP contribution >= 0.6 is 0 Å². The van der Waals surface area contributed by atoms with Gasteiger partial charge in [0.15, 0.2) is 5.78 Å². The number of likely N-dealkylation sites (N-methyl/N-ethyl adjacent to an activating group) is 2. The van der Waals surface area contributed by atoms with E-state index in [4.69, 9.17) is 0 Å². The number of piperazine rings is 1. The van der Waals surface area contributed by atoms with E-state index in [9.17, 15) is 19.2 Å². The molecule has 0 radical (unpaired) electrons. The summed E-state index contributed by atoms with van der Waals surface area (Å²) in [7, 11) is 8.40. The second-order valence-electron chi connectivity index (χ2n) is 20.7. The zero-order valence-electron chi connectivity index (χ0n) is 42.6. The summed E-state index contributed by atoms with van der Waals surface area (Å²) in [6.07, 6.45) is 10.1. The average Bonchev–Trinajstić information content (AvgIpc) is 3.22. The van der Waals surface area contributed by atoms with Gasteiger partial charge in [-0.15, -0.1) is 0 Å². The van der Waals surface area contributed by atoms with E-state index in [2.05, 4.69) is 83.7 Å². The Morgan fingerprint density at radius 2 is 0.984 bits per heavy atom. The molecule has 61 heavy (non-hydrogen) atoms. The van der Waals surface area contributed by atoms with Crippen molar-refractivity contribution in [3.63, 3.8) is 0 Å². The molecule has 2 atom stereocenters. The standard InChI is InChI=1S/C10H20N2O.C10H22N2.3C10H19NO/c1-8(2)10(13)11-9-4-6-12(3)7-5-9;1-4-11-5-7-12(8-6-11)9-10(2)3;1-8(2)10(12)9-4-6-11(3)7-5-9;1-8(2)10(12)9-5-4-6-11(3)7-9;1-8(2)10(12)9-6-4-5-7-11(9)3/h8-9H,4-7H2,1-3H3,(H,11,13);10H,4-9H2,1-3H3;3*8-9H,4-7H2,1-3H3. The van der Waals surface area contributed by atoms with Gasteiger partial charge in [-0.1, -0.05) is 82.6 Å². The maximum Gasteiger partial charge on any atom is 0.222 e. The summed E-state index contributed by atoms with van der Waals surface area (Å²) in [5, 5.41) is 3.07. The number of amides is 1. The molecule has 0 aromatic rings. The minimum Gasteiger partial charge on any atom is -0.353 e. The molecule has 5 rings (SSSR count). The maximum atomic E-state index is 11.7. The Morgan fingerprint density at radius 3 is 1.43 bits per heavy atom. The van der Waals surface area contributed by atoms with Gasteiger partial charge < -0.3 is 29.8 Å². The molecule has 5 heterocycles. The van der Waals surface area contributed by atoms with Gasteiger partial charge in [0, 0.05) is 80.8 Å². The van der Waals surface area contributed by atoms with Gasteiger partial charge in [-0.3, -0.25) is 24.1 Å². The van der Waals surface area contributed by atoms with Crippen LogP contribution in [0.2, 0.25) is 0 Å². The molecule has 2 unspecified atom stereocenters. The SMILES string of the molecule is CC(C)C(=O)C1CCCCN1C.CC(C)C(=O)C1CCCN(C)C1.CC(C)C(=O)C1CCN(C)CC1.CC(C)C(=O)NC1CCN(C)CC1.CCN1CCN(CC(C)C)CC1. The fraction of sp³-hybridized carbons (Fsp3) is 0.920. The van der Waals surface area contributed by atoms with E-state index in [0.717, 1.165) is 90.3 Å². The van der Waals surface area contributed by atoms with Crippen LogP contribution in [0.1, 0.15) is 134 Å². The van der Waals surface area contributed by atoms with E-state index in [1.165, 1.54) is 58.5 Å². The van der Waals surface area contributed by atoms with Gasteiger partial charge >= 0.3 is 0 Å². The first-order valence-corrected chi connectivity index (χ1v) is 24.8. The Balaban J connectivity index is 0.000000381. The number of nitrogens with zero attached hydrogens (tertiary/aromatic N) is 6. The highest BCUT2D eigenvalue weighted by atomic mass is 16.2. The lowest BCUT2D eigenvalue weighted by atomic mass is 9.87. The monoisotopic (exact) mass is 862 g/mol. The molecule has 11 heteroatoms. The zero-order valence-corrected chi connectivity index (χ0v) is 42.6. The van der Waals surface area contributed by atoms with Crippen LogP contribution in [-0.2, 0) is 19.2 Å². The van der Waals surface area contributed by atoms with E-state index in [1.807, 2.05) is 55.4 Å². The van der Waals surface area contributed by atoms with E-state index >= 15 is 0 Å². The topological polar surface area (TPSA) is 99.7 Å².